The van der Waals surface area contributed by atoms with Gasteiger partial charge in [0, 0.05) is 19.8 Å². The van der Waals surface area contributed by atoms with Crippen LogP contribution in [0.5, 0.6) is 5.75 Å². The Hall–Kier alpha value is -4.13. The van der Waals surface area contributed by atoms with Gasteiger partial charge in [0.25, 0.3) is 5.91 Å². The van der Waals surface area contributed by atoms with Crippen molar-refractivity contribution < 1.29 is 67.8 Å². The topological polar surface area (TPSA) is 135 Å². The molecule has 0 spiro atoms. The first-order valence-electron chi connectivity index (χ1n) is 15.9. The Kier molecular flexibility index (Phi) is 11.6. The van der Waals surface area contributed by atoms with Crippen LogP contribution in [0.4, 0.5) is 62.7 Å². The molecule has 1 aromatic heterocycles. The van der Waals surface area contributed by atoms with Gasteiger partial charge in [-0.2, -0.15) is 44.5 Å². The number of ether oxygens (including phenoxy) is 1. The van der Waals surface area contributed by atoms with E-state index in [0.29, 0.717) is 37.4 Å². The van der Waals surface area contributed by atoms with E-state index >= 15 is 0 Å². The number of hydrogen-bond donors (Lipinski definition) is 3. The second-order valence-electron chi connectivity index (χ2n) is 12.5. The van der Waals surface area contributed by atoms with E-state index in [1.54, 1.807) is 13.1 Å². The first-order valence-corrected chi connectivity index (χ1v) is 17.6. The van der Waals surface area contributed by atoms with Crippen LogP contribution in [0.1, 0.15) is 64.2 Å². The Morgan fingerprint density at radius 1 is 0.925 bits per heavy atom. The lowest BCUT2D eigenvalue weighted by Gasteiger charge is -2.27. The summed E-state index contributed by atoms with van der Waals surface area (Å²) in [5.41, 5.74) is 0.378. The van der Waals surface area contributed by atoms with Gasteiger partial charge in [-0.25, -0.2) is 4.98 Å². The van der Waals surface area contributed by atoms with Crippen LogP contribution in [0.2, 0.25) is 0 Å². The maximum absolute atomic E-state index is 14.2. The average Bonchev–Trinajstić information content (AvgIpc) is 3.37. The molecule has 0 radical (unpaired) electrons. The number of amides is 1. The van der Waals surface area contributed by atoms with Crippen LogP contribution in [0.3, 0.4) is 0 Å². The number of fused-ring (bicyclic) bond motifs is 1. The van der Waals surface area contributed by atoms with Gasteiger partial charge >= 0.3 is 26.1 Å². The third kappa shape index (κ3) is 10.1. The van der Waals surface area contributed by atoms with Crippen LogP contribution in [0, 0.1) is 0 Å². The fourth-order valence-corrected chi connectivity index (χ4v) is 7.66. The van der Waals surface area contributed by atoms with E-state index in [0.717, 1.165) is 24.8 Å². The Labute approximate surface area is 296 Å². The molecular formula is C32H33F9N5O6P. The molecule has 21 heteroatoms. The zero-order valence-corrected chi connectivity index (χ0v) is 28.8. The number of benzene rings is 2. The molecule has 5 rings (SSSR count). The van der Waals surface area contributed by atoms with Crippen molar-refractivity contribution in [2.24, 2.45) is 0 Å². The Morgan fingerprint density at radius 2 is 1.55 bits per heavy atom. The molecule has 0 bridgehead atoms. The van der Waals surface area contributed by atoms with Crippen molar-refractivity contribution in [2.75, 3.05) is 38.0 Å². The molecule has 0 saturated heterocycles. The van der Waals surface area contributed by atoms with Gasteiger partial charge in [-0.15, -0.1) is 0 Å². The number of halogens is 9. The van der Waals surface area contributed by atoms with Crippen molar-refractivity contribution in [2.45, 2.75) is 68.9 Å². The molecule has 0 unspecified atom stereocenters. The largest absolute Gasteiger partial charge is 0.495 e. The van der Waals surface area contributed by atoms with Gasteiger partial charge < -0.3 is 25.4 Å². The molecule has 2 aliphatic rings. The lowest BCUT2D eigenvalue weighted by atomic mass is 9.80. The number of anilines is 4. The highest BCUT2D eigenvalue weighted by molar-refractivity contribution is 7.53. The molecular weight excluding hydrogens is 752 g/mol. The molecule has 2 aromatic carbocycles. The lowest BCUT2D eigenvalue weighted by molar-refractivity contribution is -0.165. The molecule has 290 valence electrons. The van der Waals surface area contributed by atoms with Crippen molar-refractivity contribution in [3.63, 3.8) is 0 Å². The van der Waals surface area contributed by atoms with Crippen molar-refractivity contribution in [3.8, 4) is 5.75 Å². The molecule has 2 heterocycles. The number of aliphatic hydroxyl groups is 1. The summed E-state index contributed by atoms with van der Waals surface area (Å²) in [5, 5.41) is 15.3. The summed E-state index contributed by atoms with van der Waals surface area (Å²) >= 11 is 0. The highest BCUT2D eigenvalue weighted by atomic mass is 31.2. The van der Waals surface area contributed by atoms with Crippen molar-refractivity contribution in [1.29, 1.82) is 0 Å². The van der Waals surface area contributed by atoms with E-state index in [9.17, 15) is 54.0 Å². The lowest BCUT2D eigenvalue weighted by Crippen LogP contribution is -2.20. The highest BCUT2D eigenvalue weighted by Gasteiger charge is 2.40. The number of alkyl halides is 9. The minimum Gasteiger partial charge on any atom is -0.495 e. The number of methoxy groups -OCH3 is 1. The van der Waals surface area contributed by atoms with Crippen molar-refractivity contribution in [1.82, 2.24) is 14.9 Å². The van der Waals surface area contributed by atoms with E-state index in [1.807, 2.05) is 0 Å². The van der Waals surface area contributed by atoms with Gasteiger partial charge in [-0.05, 0) is 66.5 Å². The summed E-state index contributed by atoms with van der Waals surface area (Å²) in [5.74, 6) is -1.63. The standard InChI is InChI=1S/C32H33F9N5O6P/c1-46-13-21-20(18-4-6-19(47)7-5-18)8-10-24(26(21)28(46)48)43-27-22(32(39,40)41)12-42-29(45-27)44-23-9-3-17(11-25(23)50-2)14-53(49,51-15-30(33,34)35)52-16-31(36,37)38/h3,8-12,18-19,47H,4-7,13-16H2,1-2H3,(H2,42,43,44,45). The number of rotatable bonds is 12. The zero-order chi connectivity index (χ0) is 38.9. The molecule has 1 aliphatic heterocycles. The summed E-state index contributed by atoms with van der Waals surface area (Å²) in [6.07, 6.45) is -13.4. The van der Waals surface area contributed by atoms with Crippen LogP contribution < -0.4 is 15.4 Å². The summed E-state index contributed by atoms with van der Waals surface area (Å²) in [6, 6.07) is 6.66. The molecule has 1 fully saturated rings. The van der Waals surface area contributed by atoms with Crippen LogP contribution in [0.15, 0.2) is 36.5 Å². The summed E-state index contributed by atoms with van der Waals surface area (Å²) in [4.78, 5) is 22.5. The first-order chi connectivity index (χ1) is 24.6. The minimum absolute atomic E-state index is 0.0103. The monoisotopic (exact) mass is 785 g/mol. The minimum atomic E-state index is -5.03. The predicted molar refractivity (Wildman–Crippen MR) is 171 cm³/mol. The van der Waals surface area contributed by atoms with Crippen molar-refractivity contribution in [3.05, 3.63) is 64.3 Å². The van der Waals surface area contributed by atoms with Crippen LogP contribution in [-0.4, -0.2) is 71.7 Å². The molecule has 3 N–H and O–H groups in total. The molecule has 0 atom stereocenters. The Morgan fingerprint density at radius 3 is 2.13 bits per heavy atom. The van der Waals surface area contributed by atoms with Gasteiger partial charge in [0.1, 0.15) is 17.1 Å². The average molecular weight is 786 g/mol. The number of aromatic nitrogens is 2. The quantitative estimate of drug-likeness (QED) is 0.121. The molecule has 3 aromatic rings. The summed E-state index contributed by atoms with van der Waals surface area (Å²) in [7, 11) is -2.32. The molecule has 1 aliphatic carbocycles. The number of aliphatic hydroxyl groups excluding tert-OH is 1. The number of nitrogens with one attached hydrogen (secondary N) is 2. The smallest absolute Gasteiger partial charge is 0.421 e. The fraction of sp³-hybridized carbons (Fsp3) is 0.469. The molecule has 1 saturated carbocycles. The number of hydrogen-bond acceptors (Lipinski definition) is 10. The van der Waals surface area contributed by atoms with Gasteiger partial charge in [0.05, 0.1) is 36.3 Å². The normalized spacial score (nSPS) is 18.3. The van der Waals surface area contributed by atoms with E-state index < -0.39 is 74.8 Å². The van der Waals surface area contributed by atoms with Gasteiger partial charge in [0.2, 0.25) is 5.95 Å². The third-order valence-electron chi connectivity index (χ3n) is 8.53. The maximum atomic E-state index is 14.2. The number of carbonyl (C=O) groups excluding carboxylic acids is 1. The maximum Gasteiger partial charge on any atom is 0.421 e. The summed E-state index contributed by atoms with van der Waals surface area (Å²) in [6.45, 7) is -4.07. The number of carbonyl (C=O) groups is 1. The van der Waals surface area contributed by atoms with Gasteiger partial charge in [-0.1, -0.05) is 12.1 Å². The highest BCUT2D eigenvalue weighted by Crippen LogP contribution is 2.54. The van der Waals surface area contributed by atoms with Crippen molar-refractivity contribution >= 4 is 36.6 Å². The van der Waals surface area contributed by atoms with E-state index in [1.165, 1.54) is 17.0 Å². The third-order valence-corrected chi connectivity index (χ3v) is 10.3. The Bertz CT molecular complexity index is 1840. The first kappa shape index (κ1) is 40.1. The van der Waals surface area contributed by atoms with Gasteiger partial charge in [-0.3, -0.25) is 18.4 Å². The van der Waals surface area contributed by atoms with Crippen LogP contribution in [-0.2, 0) is 32.5 Å². The molecule has 11 nitrogen and oxygen atoms in total. The number of nitrogens with zero attached hydrogens (tertiary/aromatic N) is 3. The molecule has 1 amide bonds. The second-order valence-corrected chi connectivity index (χ2v) is 14.6. The SMILES string of the molecule is COc1cc(CP(=O)(OCC(F)(F)F)OCC(F)(F)F)ccc1Nc1ncc(C(F)(F)F)c(Nc2ccc(C3CCC(O)CC3)c3c2C(=O)N(C)C3)n1. The van der Waals surface area contributed by atoms with E-state index in [2.05, 4.69) is 29.6 Å². The summed E-state index contributed by atoms with van der Waals surface area (Å²) < 4.78 is 146. The second kappa shape index (κ2) is 15.3. The Balaban J connectivity index is 1.43. The molecule has 53 heavy (non-hydrogen) atoms. The zero-order valence-electron chi connectivity index (χ0n) is 28.0. The van der Waals surface area contributed by atoms with E-state index in [4.69, 9.17) is 4.74 Å². The fourth-order valence-electron chi connectivity index (χ4n) is 6.08. The van der Waals surface area contributed by atoms with Crippen LogP contribution >= 0.6 is 7.60 Å². The predicted octanol–water partition coefficient (Wildman–Crippen LogP) is 8.45. The van der Waals surface area contributed by atoms with Gasteiger partial charge in [0.15, 0.2) is 13.2 Å². The van der Waals surface area contributed by atoms with Crippen LogP contribution in [0.25, 0.3) is 0 Å². The van der Waals surface area contributed by atoms with E-state index in [-0.39, 0.29) is 40.7 Å².